The van der Waals surface area contributed by atoms with Crippen LogP contribution in [0.5, 0.6) is 0 Å². The molecule has 1 aliphatic heterocycles. The Morgan fingerprint density at radius 1 is 1.46 bits per heavy atom. The first-order valence-electron chi connectivity index (χ1n) is 6.54. The Labute approximate surface area is 133 Å². The lowest BCUT2D eigenvalue weighted by Gasteiger charge is -2.17. The molecule has 1 aliphatic rings. The number of nitrogens with two attached hydrogens (primary N) is 1. The molecule has 6 N–H and O–H groups in total. The monoisotopic (exact) mass is 363 g/mol. The van der Waals surface area contributed by atoms with E-state index in [0.29, 0.717) is 0 Å². The molecule has 0 bridgehead atoms. The molecule has 1 fully saturated rings. The normalized spacial score (nSPS) is 29.8. The zero-order valence-corrected chi connectivity index (χ0v) is 13.0. The summed E-state index contributed by atoms with van der Waals surface area (Å²) in [6, 6.07) is 0. The number of phosphoric acid groups is 1. The molecule has 0 spiro atoms. The third-order valence-electron chi connectivity index (χ3n) is 3.39. The summed E-state index contributed by atoms with van der Waals surface area (Å²) in [4.78, 5) is 31.0. The van der Waals surface area contributed by atoms with Crippen molar-refractivity contribution in [1.29, 1.82) is 0 Å². The minimum absolute atomic E-state index is 0.00734. The first-order chi connectivity index (χ1) is 11.2. The maximum Gasteiger partial charge on any atom is 0.474 e. The number of ether oxygens (including phenoxy) is 1. The summed E-state index contributed by atoms with van der Waals surface area (Å²) < 4.78 is 26.7. The second kappa shape index (κ2) is 5.89. The number of hydrogen-bond donors (Lipinski definition) is 5. The van der Waals surface area contributed by atoms with E-state index in [0.717, 1.165) is 18.0 Å². The minimum Gasteiger partial charge on any atom is -0.385 e. The SMILES string of the molecule is COP(=O)(O)O[C@H]1O[C@@H](n2cnc3c(=O)[nH]c(N)nc32)[C@H](O)[C@@H]1O. The van der Waals surface area contributed by atoms with Crippen LogP contribution in [0.1, 0.15) is 6.23 Å². The van der Waals surface area contributed by atoms with Gasteiger partial charge in [0.25, 0.3) is 5.56 Å². The fourth-order valence-electron chi connectivity index (χ4n) is 2.25. The molecule has 0 saturated carbocycles. The quantitative estimate of drug-likeness (QED) is 0.378. The summed E-state index contributed by atoms with van der Waals surface area (Å²) in [7, 11) is -3.54. The summed E-state index contributed by atoms with van der Waals surface area (Å²) in [5.74, 6) is -0.186. The highest BCUT2D eigenvalue weighted by atomic mass is 31.2. The van der Waals surface area contributed by atoms with Crippen LogP contribution in [0.25, 0.3) is 11.2 Å². The maximum atomic E-state index is 11.7. The number of rotatable bonds is 4. The largest absolute Gasteiger partial charge is 0.474 e. The number of hydrogen-bond acceptors (Lipinski definition) is 10. The van der Waals surface area contributed by atoms with Gasteiger partial charge in [0.1, 0.15) is 12.2 Å². The molecule has 0 aliphatic carbocycles. The molecule has 13 nitrogen and oxygen atoms in total. The van der Waals surface area contributed by atoms with Gasteiger partial charge in [0, 0.05) is 7.11 Å². The van der Waals surface area contributed by atoms with Gasteiger partial charge in [-0.05, 0) is 0 Å². The van der Waals surface area contributed by atoms with E-state index in [4.69, 9.17) is 10.5 Å². The van der Waals surface area contributed by atoms with Gasteiger partial charge < -0.3 is 25.6 Å². The van der Waals surface area contributed by atoms with Crippen LogP contribution in [-0.2, 0) is 18.3 Å². The van der Waals surface area contributed by atoms with Crippen molar-refractivity contribution in [3.05, 3.63) is 16.7 Å². The lowest BCUT2D eigenvalue weighted by Crippen LogP contribution is -2.32. The summed E-state index contributed by atoms with van der Waals surface area (Å²) in [6.45, 7) is 0. The average molecular weight is 363 g/mol. The van der Waals surface area contributed by atoms with E-state index in [9.17, 15) is 24.5 Å². The van der Waals surface area contributed by atoms with Crippen LogP contribution in [-0.4, -0.2) is 60.2 Å². The maximum absolute atomic E-state index is 11.7. The highest BCUT2D eigenvalue weighted by Crippen LogP contribution is 2.47. The average Bonchev–Trinajstić information content (AvgIpc) is 3.03. The number of phosphoric ester groups is 1. The first kappa shape index (κ1) is 17.0. The molecular formula is C10H14N5O8P. The number of nitrogen functional groups attached to an aromatic ring is 1. The van der Waals surface area contributed by atoms with E-state index in [1.165, 1.54) is 0 Å². The summed E-state index contributed by atoms with van der Waals surface area (Å²) in [5, 5.41) is 20.0. The molecule has 2 aromatic rings. The van der Waals surface area contributed by atoms with Crippen molar-refractivity contribution in [3.63, 3.8) is 0 Å². The molecule has 0 aromatic carbocycles. The fraction of sp³-hybridized carbons (Fsp3) is 0.500. The van der Waals surface area contributed by atoms with Gasteiger partial charge in [-0.1, -0.05) is 0 Å². The van der Waals surface area contributed by atoms with E-state index in [-0.39, 0.29) is 17.1 Å². The van der Waals surface area contributed by atoms with Gasteiger partial charge in [0.2, 0.25) is 5.95 Å². The zero-order valence-electron chi connectivity index (χ0n) is 12.1. The van der Waals surface area contributed by atoms with Gasteiger partial charge in [-0.2, -0.15) is 4.98 Å². The van der Waals surface area contributed by atoms with E-state index >= 15 is 0 Å². The van der Waals surface area contributed by atoms with Gasteiger partial charge in [-0.3, -0.25) is 23.4 Å². The van der Waals surface area contributed by atoms with Crippen molar-refractivity contribution < 1.29 is 33.5 Å². The van der Waals surface area contributed by atoms with E-state index < -0.39 is 38.1 Å². The third-order valence-corrected chi connectivity index (χ3v) is 4.32. The molecule has 14 heteroatoms. The van der Waals surface area contributed by atoms with Crippen LogP contribution in [0.2, 0.25) is 0 Å². The molecule has 1 saturated heterocycles. The second-order valence-electron chi connectivity index (χ2n) is 4.91. The van der Waals surface area contributed by atoms with E-state index in [1.54, 1.807) is 0 Å². The number of nitrogens with zero attached hydrogens (tertiary/aromatic N) is 3. The third kappa shape index (κ3) is 2.82. The molecule has 0 radical (unpaired) electrons. The predicted molar refractivity (Wildman–Crippen MR) is 76.4 cm³/mol. The van der Waals surface area contributed by atoms with Crippen molar-refractivity contribution in [1.82, 2.24) is 19.5 Å². The molecule has 3 heterocycles. The molecule has 0 amide bonds. The topological polar surface area (TPSA) is 195 Å². The molecule has 5 atom stereocenters. The summed E-state index contributed by atoms with van der Waals surface area (Å²) in [5.41, 5.74) is 4.80. The molecule has 3 rings (SSSR count). The fourth-order valence-corrected chi connectivity index (χ4v) is 2.77. The number of aliphatic hydroxyl groups is 2. The van der Waals surface area contributed by atoms with E-state index in [1.807, 2.05) is 0 Å². The lowest BCUT2D eigenvalue weighted by molar-refractivity contribution is -0.135. The Morgan fingerprint density at radius 3 is 2.83 bits per heavy atom. The molecular weight excluding hydrogens is 349 g/mol. The number of H-pyrrole nitrogens is 1. The van der Waals surface area contributed by atoms with Crippen LogP contribution in [0, 0.1) is 0 Å². The van der Waals surface area contributed by atoms with Gasteiger partial charge in [0.05, 0.1) is 6.33 Å². The minimum atomic E-state index is -4.47. The van der Waals surface area contributed by atoms with Crippen molar-refractivity contribution >= 4 is 24.9 Å². The van der Waals surface area contributed by atoms with Crippen molar-refractivity contribution in [2.45, 2.75) is 24.7 Å². The predicted octanol–water partition coefficient (Wildman–Crippen LogP) is -1.96. The molecule has 132 valence electrons. The Balaban J connectivity index is 1.96. The highest BCUT2D eigenvalue weighted by Gasteiger charge is 2.48. The summed E-state index contributed by atoms with van der Waals surface area (Å²) in [6.07, 6.45) is -5.03. The number of imidazole rings is 1. The van der Waals surface area contributed by atoms with Crippen LogP contribution < -0.4 is 11.3 Å². The van der Waals surface area contributed by atoms with Crippen LogP contribution in [0.4, 0.5) is 5.95 Å². The number of aromatic nitrogens is 4. The molecule has 24 heavy (non-hydrogen) atoms. The smallest absolute Gasteiger partial charge is 0.385 e. The zero-order chi connectivity index (χ0) is 17.6. The standard InChI is InChI=1S/C10H14N5O8P/c1-21-24(19,20)23-9-5(17)4(16)8(22-9)15-2-12-3-6(15)13-10(11)14-7(3)18/h2,4-5,8-9,16-17H,1H3,(H,19,20)(H3,11,13,14,18)/t4-,5+,8-,9-/m1/s1. The number of fused-ring (bicyclic) bond motifs is 1. The Morgan fingerprint density at radius 2 is 2.17 bits per heavy atom. The van der Waals surface area contributed by atoms with Gasteiger partial charge in [0.15, 0.2) is 23.7 Å². The van der Waals surface area contributed by atoms with Crippen LogP contribution in [0.15, 0.2) is 11.1 Å². The number of anilines is 1. The van der Waals surface area contributed by atoms with Crippen molar-refractivity contribution in [2.24, 2.45) is 0 Å². The molecule has 2 aromatic heterocycles. The van der Waals surface area contributed by atoms with Crippen molar-refractivity contribution in [2.75, 3.05) is 12.8 Å². The lowest BCUT2D eigenvalue weighted by atomic mass is 10.2. The summed E-state index contributed by atoms with van der Waals surface area (Å²) >= 11 is 0. The first-order valence-corrected chi connectivity index (χ1v) is 8.04. The van der Waals surface area contributed by atoms with Gasteiger partial charge in [-0.25, -0.2) is 9.55 Å². The Kier molecular flexibility index (Phi) is 4.17. The number of nitrogens with one attached hydrogen (secondary N) is 1. The van der Waals surface area contributed by atoms with Crippen LogP contribution in [0.3, 0.4) is 0 Å². The van der Waals surface area contributed by atoms with Gasteiger partial charge in [-0.15, -0.1) is 0 Å². The number of aromatic amines is 1. The van der Waals surface area contributed by atoms with Crippen molar-refractivity contribution in [3.8, 4) is 0 Å². The molecule has 1 unspecified atom stereocenters. The van der Waals surface area contributed by atoms with Crippen LogP contribution >= 0.6 is 7.82 Å². The Bertz CT molecular complexity index is 867. The van der Waals surface area contributed by atoms with E-state index in [2.05, 4.69) is 24.0 Å². The van der Waals surface area contributed by atoms with Gasteiger partial charge >= 0.3 is 7.82 Å². The Hall–Kier alpha value is -1.86. The second-order valence-corrected chi connectivity index (χ2v) is 6.42. The highest BCUT2D eigenvalue weighted by molar-refractivity contribution is 7.47. The number of aliphatic hydroxyl groups excluding tert-OH is 2.